The number of fused-ring (bicyclic) bond motifs is 4. The normalized spacial score (nSPS) is 21.8. The monoisotopic (exact) mass is 458 g/mol. The number of hydrogen-bond acceptors (Lipinski definition) is 6. The highest BCUT2D eigenvalue weighted by molar-refractivity contribution is 5.79. The standard InChI is InChI=1S/C26H27FN6O/c1-16-23-25(31-26(29-16)34-2)33(24(30-23)19-4-3-9-28-13-19)14-17-5-6-20(22(27)12-17)21-15-32-10-7-18(21)8-11-32/h3-6,9,12-13,18,21H,7-8,10-11,14-15H2,1-2H3. The highest BCUT2D eigenvalue weighted by Crippen LogP contribution is 2.40. The predicted octanol–water partition coefficient (Wildman–Crippen LogP) is 4.20. The molecule has 3 saturated heterocycles. The lowest BCUT2D eigenvalue weighted by Gasteiger charge is -2.45. The van der Waals surface area contributed by atoms with E-state index in [0.29, 0.717) is 23.6 Å². The number of rotatable bonds is 5. The van der Waals surface area contributed by atoms with E-state index in [0.717, 1.165) is 47.8 Å². The van der Waals surface area contributed by atoms with Crippen molar-refractivity contribution in [1.82, 2.24) is 29.4 Å². The first-order chi connectivity index (χ1) is 16.6. The highest BCUT2D eigenvalue weighted by Gasteiger charge is 2.36. The molecular formula is C26H27FN6O. The number of methoxy groups -OCH3 is 1. The number of aryl methyl sites for hydroxylation is 1. The molecular weight excluding hydrogens is 431 g/mol. The van der Waals surface area contributed by atoms with Crippen LogP contribution in [0.25, 0.3) is 22.6 Å². The molecule has 0 radical (unpaired) electrons. The van der Waals surface area contributed by atoms with Crippen LogP contribution in [0.15, 0.2) is 42.7 Å². The molecule has 7 nitrogen and oxygen atoms in total. The molecule has 3 aromatic heterocycles. The fourth-order valence-corrected chi connectivity index (χ4v) is 5.54. The van der Waals surface area contributed by atoms with Gasteiger partial charge in [-0.1, -0.05) is 12.1 Å². The zero-order chi connectivity index (χ0) is 23.2. The molecule has 2 bridgehead atoms. The van der Waals surface area contributed by atoms with Crippen molar-refractivity contribution in [3.05, 3.63) is 65.4 Å². The molecule has 174 valence electrons. The second-order valence-corrected chi connectivity index (χ2v) is 9.33. The van der Waals surface area contributed by atoms with Gasteiger partial charge in [-0.15, -0.1) is 0 Å². The van der Waals surface area contributed by atoms with Gasteiger partial charge in [-0.05, 0) is 68.1 Å². The number of aromatic nitrogens is 5. The molecule has 1 atom stereocenters. The summed E-state index contributed by atoms with van der Waals surface area (Å²) in [4.78, 5) is 20.5. The smallest absolute Gasteiger partial charge is 0.318 e. The van der Waals surface area contributed by atoms with Crippen molar-refractivity contribution in [2.45, 2.75) is 32.2 Å². The molecule has 1 aromatic carbocycles. The molecule has 3 aliphatic heterocycles. The van der Waals surface area contributed by atoms with Crippen LogP contribution in [0, 0.1) is 18.7 Å². The largest absolute Gasteiger partial charge is 0.467 e. The van der Waals surface area contributed by atoms with E-state index in [2.05, 4.69) is 19.9 Å². The Hall–Kier alpha value is -3.39. The van der Waals surface area contributed by atoms with Gasteiger partial charge < -0.3 is 14.2 Å². The zero-order valence-electron chi connectivity index (χ0n) is 19.4. The topological polar surface area (TPSA) is 69.0 Å². The summed E-state index contributed by atoms with van der Waals surface area (Å²) < 4.78 is 22.7. The van der Waals surface area contributed by atoms with Crippen LogP contribution in [-0.4, -0.2) is 56.1 Å². The van der Waals surface area contributed by atoms with Gasteiger partial charge in [-0.25, -0.2) is 9.37 Å². The lowest BCUT2D eigenvalue weighted by molar-refractivity contribution is 0.0856. The summed E-state index contributed by atoms with van der Waals surface area (Å²) in [6.07, 6.45) is 5.84. The number of benzene rings is 1. The van der Waals surface area contributed by atoms with Gasteiger partial charge in [0.25, 0.3) is 0 Å². The third-order valence-corrected chi connectivity index (χ3v) is 7.31. The van der Waals surface area contributed by atoms with Crippen molar-refractivity contribution in [3.63, 3.8) is 0 Å². The maximum atomic E-state index is 15.4. The molecule has 3 aliphatic rings. The number of halogens is 1. The SMILES string of the molecule is COc1nc(C)c2nc(-c3cccnc3)n(Cc3ccc(C4CN5CCC4CC5)c(F)c3)c2n1. The zero-order valence-corrected chi connectivity index (χ0v) is 19.4. The molecule has 3 fully saturated rings. The van der Waals surface area contributed by atoms with Gasteiger partial charge >= 0.3 is 6.01 Å². The summed E-state index contributed by atoms with van der Waals surface area (Å²) in [6.45, 7) is 5.58. The van der Waals surface area contributed by atoms with E-state index in [9.17, 15) is 0 Å². The molecule has 4 aromatic rings. The van der Waals surface area contributed by atoms with Crippen molar-refractivity contribution < 1.29 is 9.13 Å². The van der Waals surface area contributed by atoms with Crippen molar-refractivity contribution >= 4 is 11.2 Å². The summed E-state index contributed by atoms with van der Waals surface area (Å²) in [6, 6.07) is 9.83. The first-order valence-electron chi connectivity index (χ1n) is 11.8. The third-order valence-electron chi connectivity index (χ3n) is 7.31. The van der Waals surface area contributed by atoms with Crippen molar-refractivity contribution in [3.8, 4) is 17.4 Å². The lowest BCUT2D eigenvalue weighted by atomic mass is 9.75. The Morgan fingerprint density at radius 2 is 1.97 bits per heavy atom. The number of piperidine rings is 3. The number of ether oxygens (including phenoxy) is 1. The van der Waals surface area contributed by atoms with Crippen LogP contribution in [0.3, 0.4) is 0 Å². The highest BCUT2D eigenvalue weighted by atomic mass is 19.1. The Balaban J connectivity index is 1.40. The fraction of sp³-hybridized carbons (Fsp3) is 0.385. The minimum Gasteiger partial charge on any atom is -0.467 e. The molecule has 0 N–H and O–H groups in total. The molecule has 0 saturated carbocycles. The fourth-order valence-electron chi connectivity index (χ4n) is 5.54. The van der Waals surface area contributed by atoms with Crippen molar-refractivity contribution in [2.75, 3.05) is 26.7 Å². The average molecular weight is 459 g/mol. The Bertz CT molecular complexity index is 1350. The number of nitrogens with zero attached hydrogens (tertiary/aromatic N) is 6. The summed E-state index contributed by atoms with van der Waals surface area (Å²) in [5, 5.41) is 0. The van der Waals surface area contributed by atoms with E-state index >= 15 is 4.39 Å². The molecule has 6 heterocycles. The third kappa shape index (κ3) is 3.62. The number of hydrogen-bond donors (Lipinski definition) is 0. The van der Waals surface area contributed by atoms with Crippen LogP contribution in [-0.2, 0) is 6.54 Å². The molecule has 0 spiro atoms. The Morgan fingerprint density at radius 3 is 2.65 bits per heavy atom. The van der Waals surface area contributed by atoms with Gasteiger partial charge in [0.1, 0.15) is 17.2 Å². The number of pyridine rings is 1. The van der Waals surface area contributed by atoms with Gasteiger partial charge in [0.2, 0.25) is 0 Å². The van der Waals surface area contributed by atoms with Gasteiger partial charge in [0.15, 0.2) is 5.65 Å². The molecule has 8 heteroatoms. The quantitative estimate of drug-likeness (QED) is 0.447. The second kappa shape index (κ2) is 8.43. The molecule has 34 heavy (non-hydrogen) atoms. The van der Waals surface area contributed by atoms with Crippen LogP contribution >= 0.6 is 0 Å². The molecule has 1 unspecified atom stereocenters. The summed E-state index contributed by atoms with van der Waals surface area (Å²) >= 11 is 0. The maximum Gasteiger partial charge on any atom is 0.318 e. The second-order valence-electron chi connectivity index (χ2n) is 9.33. The van der Waals surface area contributed by atoms with E-state index < -0.39 is 0 Å². The molecule has 7 rings (SSSR count). The van der Waals surface area contributed by atoms with E-state index in [-0.39, 0.29) is 17.7 Å². The van der Waals surface area contributed by atoms with Gasteiger partial charge in [0, 0.05) is 30.4 Å². The van der Waals surface area contributed by atoms with Crippen LogP contribution < -0.4 is 4.74 Å². The Kier molecular flexibility index (Phi) is 5.25. The van der Waals surface area contributed by atoms with Gasteiger partial charge in [-0.2, -0.15) is 9.97 Å². The van der Waals surface area contributed by atoms with Crippen LogP contribution in [0.5, 0.6) is 6.01 Å². The maximum absolute atomic E-state index is 15.4. The Labute approximate surface area is 197 Å². The minimum atomic E-state index is -0.119. The summed E-state index contributed by atoms with van der Waals surface area (Å²) in [5.74, 6) is 1.48. The lowest BCUT2D eigenvalue weighted by Crippen LogP contribution is -2.46. The summed E-state index contributed by atoms with van der Waals surface area (Å²) in [7, 11) is 1.55. The first kappa shape index (κ1) is 21.2. The van der Waals surface area contributed by atoms with Crippen LogP contribution in [0.2, 0.25) is 0 Å². The van der Waals surface area contributed by atoms with Crippen LogP contribution in [0.4, 0.5) is 4.39 Å². The first-order valence-corrected chi connectivity index (χ1v) is 11.8. The van der Waals surface area contributed by atoms with Crippen molar-refractivity contribution in [2.24, 2.45) is 5.92 Å². The van der Waals surface area contributed by atoms with E-state index in [4.69, 9.17) is 9.72 Å². The number of imidazole rings is 1. The molecule has 0 aliphatic carbocycles. The minimum absolute atomic E-state index is 0.119. The van der Waals surface area contributed by atoms with E-state index in [1.807, 2.05) is 35.8 Å². The Morgan fingerprint density at radius 1 is 1.12 bits per heavy atom. The summed E-state index contributed by atoms with van der Waals surface area (Å²) in [5.41, 5.74) is 4.66. The molecule has 0 amide bonds. The van der Waals surface area contributed by atoms with Crippen LogP contribution in [0.1, 0.15) is 35.6 Å². The van der Waals surface area contributed by atoms with Gasteiger partial charge in [-0.3, -0.25) is 4.98 Å². The van der Waals surface area contributed by atoms with E-state index in [1.54, 1.807) is 25.6 Å². The van der Waals surface area contributed by atoms with E-state index in [1.165, 1.54) is 12.8 Å². The average Bonchev–Trinajstić information content (AvgIpc) is 3.24. The van der Waals surface area contributed by atoms with Crippen molar-refractivity contribution in [1.29, 1.82) is 0 Å². The van der Waals surface area contributed by atoms with Gasteiger partial charge in [0.05, 0.1) is 19.3 Å². The predicted molar refractivity (Wildman–Crippen MR) is 127 cm³/mol.